The molecule has 1 unspecified atom stereocenters. The second kappa shape index (κ2) is 5.71. The molecule has 1 aromatic carbocycles. The first kappa shape index (κ1) is 13.4. The van der Waals surface area contributed by atoms with Gasteiger partial charge in [0, 0.05) is 37.1 Å². The lowest BCUT2D eigenvalue weighted by atomic mass is 10.1. The average Bonchev–Trinajstić information content (AvgIpc) is 2.84. The molecule has 0 aliphatic carbocycles. The Labute approximate surface area is 111 Å². The van der Waals surface area contributed by atoms with E-state index in [4.69, 9.17) is 10.5 Å². The van der Waals surface area contributed by atoms with E-state index in [0.717, 1.165) is 11.3 Å². The van der Waals surface area contributed by atoms with E-state index >= 15 is 0 Å². The molecule has 1 aromatic heterocycles. The summed E-state index contributed by atoms with van der Waals surface area (Å²) in [4.78, 5) is 0. The maximum Gasteiger partial charge on any atom is 0.165 e. The molecule has 0 fully saturated rings. The third kappa shape index (κ3) is 3.03. The molecule has 0 spiro atoms. The van der Waals surface area contributed by atoms with Crippen LogP contribution in [-0.4, -0.2) is 23.4 Å². The van der Waals surface area contributed by atoms with E-state index in [1.54, 1.807) is 23.0 Å². The summed E-state index contributed by atoms with van der Waals surface area (Å²) in [6.45, 7) is 0.408. The Morgan fingerprint density at radius 2 is 2.32 bits per heavy atom. The Balaban J connectivity index is 2.18. The minimum absolute atomic E-state index is 0.0798. The van der Waals surface area contributed by atoms with Gasteiger partial charge in [0.25, 0.3) is 0 Å². The van der Waals surface area contributed by atoms with Crippen molar-refractivity contribution in [3.8, 4) is 5.75 Å². The molecule has 5 nitrogen and oxygen atoms in total. The highest BCUT2D eigenvalue weighted by molar-refractivity contribution is 5.50. The number of benzene rings is 1. The molecule has 0 aliphatic heterocycles. The molecule has 1 atom stereocenters. The maximum atomic E-state index is 13.3. The molecule has 0 saturated carbocycles. The molecule has 0 aliphatic rings. The van der Waals surface area contributed by atoms with Crippen molar-refractivity contribution in [1.29, 1.82) is 0 Å². The normalized spacial score (nSPS) is 12.2. The molecule has 0 radical (unpaired) electrons. The van der Waals surface area contributed by atoms with Crippen molar-refractivity contribution < 1.29 is 9.13 Å². The van der Waals surface area contributed by atoms with Gasteiger partial charge in [-0.3, -0.25) is 4.68 Å². The first-order valence-corrected chi connectivity index (χ1v) is 5.92. The van der Waals surface area contributed by atoms with Crippen LogP contribution in [0.2, 0.25) is 0 Å². The molecular weight excluding hydrogens is 247 g/mol. The Kier molecular flexibility index (Phi) is 4.01. The van der Waals surface area contributed by atoms with Crippen LogP contribution >= 0.6 is 0 Å². The van der Waals surface area contributed by atoms with Crippen LogP contribution < -0.4 is 15.8 Å². The van der Waals surface area contributed by atoms with Crippen LogP contribution in [0.5, 0.6) is 5.75 Å². The van der Waals surface area contributed by atoms with Crippen molar-refractivity contribution in [3.63, 3.8) is 0 Å². The highest BCUT2D eigenvalue weighted by atomic mass is 19.1. The van der Waals surface area contributed by atoms with Crippen LogP contribution in [0.25, 0.3) is 0 Å². The van der Waals surface area contributed by atoms with E-state index in [0.29, 0.717) is 6.54 Å². The summed E-state index contributed by atoms with van der Waals surface area (Å²) in [6.07, 6.45) is 3.65. The second-order valence-electron chi connectivity index (χ2n) is 4.23. The van der Waals surface area contributed by atoms with Gasteiger partial charge in [-0.2, -0.15) is 5.10 Å². The number of ether oxygens (including phenoxy) is 1. The smallest absolute Gasteiger partial charge is 0.165 e. The zero-order chi connectivity index (χ0) is 13.8. The lowest BCUT2D eigenvalue weighted by Gasteiger charge is -2.17. The molecule has 3 N–H and O–H groups in total. The van der Waals surface area contributed by atoms with Crippen molar-refractivity contribution >= 4 is 5.69 Å². The van der Waals surface area contributed by atoms with Crippen LogP contribution in [0.15, 0.2) is 30.6 Å². The summed E-state index contributed by atoms with van der Waals surface area (Å²) in [5, 5.41) is 7.35. The van der Waals surface area contributed by atoms with Crippen molar-refractivity contribution in [1.82, 2.24) is 9.78 Å². The Bertz CT molecular complexity index is 555. The quantitative estimate of drug-likeness (QED) is 0.862. The first-order chi connectivity index (χ1) is 9.13. The SMILES string of the molecule is COc1cc(NC(CN)c2cnn(C)c2)ccc1F. The van der Waals surface area contributed by atoms with Gasteiger partial charge >= 0.3 is 0 Å². The van der Waals surface area contributed by atoms with E-state index < -0.39 is 5.82 Å². The Hall–Kier alpha value is -2.08. The van der Waals surface area contributed by atoms with Gasteiger partial charge in [-0.25, -0.2) is 4.39 Å². The van der Waals surface area contributed by atoms with Crippen molar-refractivity contribution in [3.05, 3.63) is 42.0 Å². The number of hydrogen-bond donors (Lipinski definition) is 2. The van der Waals surface area contributed by atoms with Gasteiger partial charge in [0.15, 0.2) is 11.6 Å². The maximum absolute atomic E-state index is 13.3. The van der Waals surface area contributed by atoms with E-state index in [1.807, 2.05) is 13.2 Å². The third-order valence-corrected chi connectivity index (χ3v) is 2.85. The number of rotatable bonds is 5. The number of nitrogens with two attached hydrogens (primary N) is 1. The molecule has 19 heavy (non-hydrogen) atoms. The number of aromatic nitrogens is 2. The summed E-state index contributed by atoms with van der Waals surface area (Å²) in [5.41, 5.74) is 7.49. The summed E-state index contributed by atoms with van der Waals surface area (Å²) in [6, 6.07) is 4.53. The molecule has 6 heteroatoms. The van der Waals surface area contributed by atoms with Gasteiger partial charge in [-0.05, 0) is 12.1 Å². The van der Waals surface area contributed by atoms with Crippen LogP contribution in [0.4, 0.5) is 10.1 Å². The van der Waals surface area contributed by atoms with Crippen molar-refractivity contribution in [2.75, 3.05) is 19.0 Å². The lowest BCUT2D eigenvalue weighted by molar-refractivity contribution is 0.386. The molecular formula is C13H17FN4O. The van der Waals surface area contributed by atoms with Gasteiger partial charge in [0.2, 0.25) is 0 Å². The molecule has 2 aromatic rings. The molecule has 102 valence electrons. The van der Waals surface area contributed by atoms with E-state index in [1.165, 1.54) is 13.2 Å². The highest BCUT2D eigenvalue weighted by Gasteiger charge is 2.12. The van der Waals surface area contributed by atoms with Crippen LogP contribution in [-0.2, 0) is 7.05 Å². The van der Waals surface area contributed by atoms with Gasteiger partial charge in [0.05, 0.1) is 19.3 Å². The average molecular weight is 264 g/mol. The molecule has 2 rings (SSSR count). The number of nitrogens with zero attached hydrogens (tertiary/aromatic N) is 2. The lowest BCUT2D eigenvalue weighted by Crippen LogP contribution is -2.20. The topological polar surface area (TPSA) is 65.1 Å². The van der Waals surface area contributed by atoms with Crippen LogP contribution in [0, 0.1) is 5.82 Å². The standard InChI is InChI=1S/C13H17FN4O/c1-18-8-9(7-16-18)12(6-15)17-10-3-4-11(14)13(5-10)19-2/h3-5,7-8,12,17H,6,15H2,1-2H3. The fourth-order valence-corrected chi connectivity index (χ4v) is 1.85. The van der Waals surface area contributed by atoms with Crippen LogP contribution in [0.3, 0.4) is 0 Å². The fourth-order valence-electron chi connectivity index (χ4n) is 1.85. The highest BCUT2D eigenvalue weighted by Crippen LogP contribution is 2.24. The Morgan fingerprint density at radius 1 is 1.53 bits per heavy atom. The minimum Gasteiger partial charge on any atom is -0.494 e. The van der Waals surface area contributed by atoms with Crippen molar-refractivity contribution in [2.24, 2.45) is 12.8 Å². The molecule has 0 bridgehead atoms. The third-order valence-electron chi connectivity index (χ3n) is 2.85. The first-order valence-electron chi connectivity index (χ1n) is 5.92. The molecule has 0 saturated heterocycles. The van der Waals surface area contributed by atoms with Crippen molar-refractivity contribution in [2.45, 2.75) is 6.04 Å². The summed E-state index contributed by atoms with van der Waals surface area (Å²) < 4.78 is 20.0. The fraction of sp³-hybridized carbons (Fsp3) is 0.308. The van der Waals surface area contributed by atoms with E-state index in [2.05, 4.69) is 10.4 Å². The van der Waals surface area contributed by atoms with Gasteiger partial charge in [0.1, 0.15) is 0 Å². The summed E-state index contributed by atoms with van der Waals surface area (Å²) in [5.74, 6) is -0.189. The zero-order valence-electron chi connectivity index (χ0n) is 10.9. The largest absolute Gasteiger partial charge is 0.494 e. The number of anilines is 1. The second-order valence-corrected chi connectivity index (χ2v) is 4.23. The predicted octanol–water partition coefficient (Wildman–Crippen LogP) is 1.68. The van der Waals surface area contributed by atoms with Gasteiger partial charge in [-0.1, -0.05) is 0 Å². The predicted molar refractivity (Wildman–Crippen MR) is 71.6 cm³/mol. The van der Waals surface area contributed by atoms with Gasteiger partial charge in [-0.15, -0.1) is 0 Å². The van der Waals surface area contributed by atoms with E-state index in [9.17, 15) is 4.39 Å². The molecule has 1 heterocycles. The summed E-state index contributed by atoms with van der Waals surface area (Å²) >= 11 is 0. The number of halogens is 1. The zero-order valence-corrected chi connectivity index (χ0v) is 10.9. The number of nitrogens with one attached hydrogen (secondary N) is 1. The number of aryl methyl sites for hydroxylation is 1. The van der Waals surface area contributed by atoms with Gasteiger partial charge < -0.3 is 15.8 Å². The van der Waals surface area contributed by atoms with E-state index in [-0.39, 0.29) is 11.8 Å². The number of methoxy groups -OCH3 is 1. The minimum atomic E-state index is -0.390. The monoisotopic (exact) mass is 264 g/mol. The Morgan fingerprint density at radius 3 is 2.89 bits per heavy atom. The molecule has 0 amide bonds. The summed E-state index contributed by atoms with van der Waals surface area (Å²) in [7, 11) is 3.28. The van der Waals surface area contributed by atoms with Crippen LogP contribution in [0.1, 0.15) is 11.6 Å². The number of hydrogen-bond acceptors (Lipinski definition) is 4.